The van der Waals surface area contributed by atoms with Crippen molar-refractivity contribution in [1.29, 1.82) is 0 Å². The zero-order valence-corrected chi connectivity index (χ0v) is 7.50. The second kappa shape index (κ2) is 2.77. The number of nitrogens with zero attached hydrogens (tertiary/aromatic N) is 1. The molecule has 12 heavy (non-hydrogen) atoms. The van der Waals surface area contributed by atoms with Gasteiger partial charge in [0.2, 0.25) is 5.88 Å². The van der Waals surface area contributed by atoms with Crippen LogP contribution in [0.3, 0.4) is 0 Å². The van der Waals surface area contributed by atoms with Crippen LogP contribution in [0.5, 0.6) is 5.88 Å². The van der Waals surface area contributed by atoms with Crippen molar-refractivity contribution in [2.24, 2.45) is 0 Å². The van der Waals surface area contributed by atoms with Crippen LogP contribution in [-0.2, 0) is 0 Å². The average molecular weight is 163 g/mol. The Bertz CT molecular complexity index is 292. The molecule has 0 bridgehead atoms. The SMILES string of the molecule is Cc1ccc(OC2CC2)nc1C. The fourth-order valence-corrected chi connectivity index (χ4v) is 1.03. The second-order valence-electron chi connectivity index (χ2n) is 3.37. The van der Waals surface area contributed by atoms with E-state index in [1.54, 1.807) is 0 Å². The average Bonchev–Trinajstić information content (AvgIpc) is 2.81. The lowest BCUT2D eigenvalue weighted by atomic mass is 10.2. The van der Waals surface area contributed by atoms with E-state index < -0.39 is 0 Å². The number of rotatable bonds is 2. The zero-order chi connectivity index (χ0) is 8.55. The highest BCUT2D eigenvalue weighted by atomic mass is 16.5. The van der Waals surface area contributed by atoms with Gasteiger partial charge in [-0.2, -0.15) is 0 Å². The van der Waals surface area contributed by atoms with Gasteiger partial charge in [0.05, 0.1) is 0 Å². The molecule has 0 atom stereocenters. The maximum Gasteiger partial charge on any atom is 0.213 e. The van der Waals surface area contributed by atoms with E-state index in [4.69, 9.17) is 4.74 Å². The van der Waals surface area contributed by atoms with Gasteiger partial charge in [0, 0.05) is 11.8 Å². The Hall–Kier alpha value is -1.05. The van der Waals surface area contributed by atoms with Crippen LogP contribution in [0, 0.1) is 13.8 Å². The Morgan fingerprint density at radius 2 is 2.08 bits per heavy atom. The predicted molar refractivity (Wildman–Crippen MR) is 47.4 cm³/mol. The molecule has 64 valence electrons. The number of hydrogen-bond acceptors (Lipinski definition) is 2. The maximum absolute atomic E-state index is 5.55. The number of ether oxygens (including phenoxy) is 1. The summed E-state index contributed by atoms with van der Waals surface area (Å²) in [5, 5.41) is 0. The third kappa shape index (κ3) is 1.58. The van der Waals surface area contributed by atoms with Gasteiger partial charge in [-0.1, -0.05) is 6.07 Å². The van der Waals surface area contributed by atoms with Crippen molar-refractivity contribution in [2.75, 3.05) is 0 Å². The smallest absolute Gasteiger partial charge is 0.213 e. The minimum atomic E-state index is 0.444. The van der Waals surface area contributed by atoms with Gasteiger partial charge < -0.3 is 4.74 Å². The van der Waals surface area contributed by atoms with E-state index in [-0.39, 0.29) is 0 Å². The van der Waals surface area contributed by atoms with Crippen LogP contribution in [0.4, 0.5) is 0 Å². The fourth-order valence-electron chi connectivity index (χ4n) is 1.03. The zero-order valence-electron chi connectivity index (χ0n) is 7.50. The maximum atomic E-state index is 5.55. The van der Waals surface area contributed by atoms with Gasteiger partial charge in [-0.3, -0.25) is 0 Å². The van der Waals surface area contributed by atoms with Crippen molar-refractivity contribution >= 4 is 0 Å². The van der Waals surface area contributed by atoms with E-state index in [0.717, 1.165) is 11.6 Å². The lowest BCUT2D eigenvalue weighted by Crippen LogP contribution is -1.99. The molecule has 0 saturated heterocycles. The van der Waals surface area contributed by atoms with E-state index in [1.165, 1.54) is 18.4 Å². The van der Waals surface area contributed by atoms with Gasteiger partial charge in [-0.15, -0.1) is 0 Å². The van der Waals surface area contributed by atoms with Crippen molar-refractivity contribution in [2.45, 2.75) is 32.8 Å². The van der Waals surface area contributed by atoms with Crippen LogP contribution < -0.4 is 4.74 Å². The number of aryl methyl sites for hydroxylation is 2. The monoisotopic (exact) mass is 163 g/mol. The Labute approximate surface area is 72.6 Å². The Balaban J connectivity index is 2.15. The molecule has 0 N–H and O–H groups in total. The Morgan fingerprint density at radius 3 is 2.67 bits per heavy atom. The molecule has 0 unspecified atom stereocenters. The van der Waals surface area contributed by atoms with E-state index >= 15 is 0 Å². The molecule has 1 aromatic rings. The van der Waals surface area contributed by atoms with Crippen molar-refractivity contribution in [1.82, 2.24) is 4.98 Å². The van der Waals surface area contributed by atoms with Gasteiger partial charge in [0.15, 0.2) is 0 Å². The summed E-state index contributed by atoms with van der Waals surface area (Å²) in [7, 11) is 0. The predicted octanol–water partition coefficient (Wildman–Crippen LogP) is 2.24. The highest BCUT2D eigenvalue weighted by Gasteiger charge is 2.23. The summed E-state index contributed by atoms with van der Waals surface area (Å²) in [6, 6.07) is 4.00. The van der Waals surface area contributed by atoms with Crippen molar-refractivity contribution < 1.29 is 4.74 Å². The van der Waals surface area contributed by atoms with Gasteiger partial charge >= 0.3 is 0 Å². The van der Waals surface area contributed by atoms with Gasteiger partial charge in [-0.25, -0.2) is 4.98 Å². The van der Waals surface area contributed by atoms with Crippen LogP contribution in [-0.4, -0.2) is 11.1 Å². The number of hydrogen-bond donors (Lipinski definition) is 0. The quantitative estimate of drug-likeness (QED) is 0.667. The lowest BCUT2D eigenvalue weighted by Gasteiger charge is -2.04. The summed E-state index contributed by atoms with van der Waals surface area (Å²) >= 11 is 0. The molecule has 1 aliphatic rings. The van der Waals surface area contributed by atoms with Crippen molar-refractivity contribution in [3.05, 3.63) is 23.4 Å². The third-order valence-electron chi connectivity index (χ3n) is 2.14. The molecule has 1 heterocycles. The first-order valence-electron chi connectivity index (χ1n) is 4.36. The molecule has 0 aromatic carbocycles. The lowest BCUT2D eigenvalue weighted by molar-refractivity contribution is 0.290. The molecule has 1 saturated carbocycles. The molecular formula is C10H13NO. The summed E-state index contributed by atoms with van der Waals surface area (Å²) in [6.45, 7) is 4.07. The van der Waals surface area contributed by atoms with Crippen LogP contribution in [0.25, 0.3) is 0 Å². The standard InChI is InChI=1S/C10H13NO/c1-7-3-6-10(11-8(7)2)12-9-4-5-9/h3,6,9H,4-5H2,1-2H3. The van der Waals surface area contributed by atoms with Gasteiger partial charge in [-0.05, 0) is 32.3 Å². The van der Waals surface area contributed by atoms with Crippen LogP contribution in [0.2, 0.25) is 0 Å². The minimum absolute atomic E-state index is 0.444. The first kappa shape index (κ1) is 7.59. The summed E-state index contributed by atoms with van der Waals surface area (Å²) in [5.74, 6) is 0.778. The highest BCUT2D eigenvalue weighted by molar-refractivity contribution is 5.23. The largest absolute Gasteiger partial charge is 0.474 e. The molecule has 1 fully saturated rings. The first-order chi connectivity index (χ1) is 5.75. The normalized spacial score (nSPS) is 16.2. The third-order valence-corrected chi connectivity index (χ3v) is 2.14. The van der Waals surface area contributed by atoms with E-state index in [0.29, 0.717) is 6.10 Å². The fraction of sp³-hybridized carbons (Fsp3) is 0.500. The van der Waals surface area contributed by atoms with Crippen LogP contribution >= 0.6 is 0 Å². The molecule has 1 aromatic heterocycles. The minimum Gasteiger partial charge on any atom is -0.474 e. The molecule has 2 rings (SSSR count). The van der Waals surface area contributed by atoms with Crippen LogP contribution in [0.15, 0.2) is 12.1 Å². The van der Waals surface area contributed by atoms with Crippen LogP contribution in [0.1, 0.15) is 24.1 Å². The topological polar surface area (TPSA) is 22.1 Å². The highest BCUT2D eigenvalue weighted by Crippen LogP contribution is 2.25. The van der Waals surface area contributed by atoms with Crippen molar-refractivity contribution in [3.63, 3.8) is 0 Å². The molecule has 1 aliphatic carbocycles. The first-order valence-corrected chi connectivity index (χ1v) is 4.36. The summed E-state index contributed by atoms with van der Waals surface area (Å²) in [5.41, 5.74) is 2.28. The molecule has 0 amide bonds. The van der Waals surface area contributed by atoms with E-state index in [1.807, 2.05) is 13.0 Å². The Morgan fingerprint density at radius 1 is 1.33 bits per heavy atom. The van der Waals surface area contributed by atoms with E-state index in [9.17, 15) is 0 Å². The molecule has 2 nitrogen and oxygen atoms in total. The second-order valence-corrected chi connectivity index (χ2v) is 3.37. The molecule has 0 radical (unpaired) electrons. The Kier molecular flexibility index (Phi) is 1.75. The van der Waals surface area contributed by atoms with Gasteiger partial charge in [0.25, 0.3) is 0 Å². The molecular weight excluding hydrogens is 150 g/mol. The van der Waals surface area contributed by atoms with Crippen molar-refractivity contribution in [3.8, 4) is 5.88 Å². The summed E-state index contributed by atoms with van der Waals surface area (Å²) in [4.78, 5) is 4.33. The number of aromatic nitrogens is 1. The van der Waals surface area contributed by atoms with E-state index in [2.05, 4.69) is 18.0 Å². The molecule has 2 heteroatoms. The summed E-state index contributed by atoms with van der Waals surface area (Å²) < 4.78 is 5.55. The molecule has 0 spiro atoms. The summed E-state index contributed by atoms with van der Waals surface area (Å²) in [6.07, 6.45) is 2.82. The molecule has 0 aliphatic heterocycles. The van der Waals surface area contributed by atoms with Gasteiger partial charge in [0.1, 0.15) is 6.10 Å². The number of pyridine rings is 1.